The summed E-state index contributed by atoms with van der Waals surface area (Å²) in [5.41, 5.74) is 3.66. The molecule has 22 heavy (non-hydrogen) atoms. The second-order valence-electron chi connectivity index (χ2n) is 5.16. The van der Waals surface area contributed by atoms with E-state index >= 15 is 0 Å². The van der Waals surface area contributed by atoms with Crippen molar-refractivity contribution in [1.82, 2.24) is 20.3 Å². The molecule has 0 fully saturated rings. The van der Waals surface area contributed by atoms with E-state index < -0.39 is 0 Å². The molecule has 2 aromatic heterocycles. The van der Waals surface area contributed by atoms with Gasteiger partial charge in [0.15, 0.2) is 6.19 Å². The first kappa shape index (κ1) is 12.7. The van der Waals surface area contributed by atoms with Crippen LogP contribution in [0.5, 0.6) is 5.75 Å². The monoisotopic (exact) mass is 291 g/mol. The van der Waals surface area contributed by atoms with Crippen LogP contribution in [0.2, 0.25) is 0 Å². The average molecular weight is 291 g/mol. The van der Waals surface area contributed by atoms with Gasteiger partial charge in [-0.05, 0) is 24.3 Å². The minimum atomic E-state index is -0.0164. The van der Waals surface area contributed by atoms with E-state index in [9.17, 15) is 0 Å². The summed E-state index contributed by atoms with van der Waals surface area (Å²) in [6.07, 6.45) is 6.20. The highest BCUT2D eigenvalue weighted by atomic mass is 16.5. The first-order valence-corrected chi connectivity index (χ1v) is 7.06. The summed E-state index contributed by atoms with van der Waals surface area (Å²) in [6, 6.07) is 7.92. The summed E-state index contributed by atoms with van der Waals surface area (Å²) in [5.74, 6) is 0.821. The lowest BCUT2D eigenvalue weighted by atomic mass is 9.96. The molecule has 0 aliphatic carbocycles. The highest BCUT2D eigenvalue weighted by Crippen LogP contribution is 2.36. The van der Waals surface area contributed by atoms with Crippen LogP contribution in [-0.4, -0.2) is 21.6 Å². The zero-order valence-corrected chi connectivity index (χ0v) is 11.7. The summed E-state index contributed by atoms with van der Waals surface area (Å²) in [4.78, 5) is 11.7. The van der Waals surface area contributed by atoms with Crippen molar-refractivity contribution in [3.8, 4) is 23.2 Å². The normalized spacial score (nSPS) is 16.6. The molecular weight excluding hydrogens is 278 g/mol. The number of aromatic amines is 1. The smallest absolute Gasteiger partial charge is 0.177 e. The summed E-state index contributed by atoms with van der Waals surface area (Å²) in [5, 5.41) is 12.7. The number of benzene rings is 1. The van der Waals surface area contributed by atoms with Crippen molar-refractivity contribution in [3.63, 3.8) is 0 Å². The quantitative estimate of drug-likeness (QED) is 0.559. The molecule has 2 N–H and O–H groups in total. The van der Waals surface area contributed by atoms with Crippen LogP contribution < -0.4 is 10.1 Å². The van der Waals surface area contributed by atoms with Gasteiger partial charge in [0, 0.05) is 29.1 Å². The maximum absolute atomic E-state index is 8.92. The van der Waals surface area contributed by atoms with Crippen LogP contribution in [0.4, 0.5) is 0 Å². The Morgan fingerprint density at radius 3 is 3.18 bits per heavy atom. The van der Waals surface area contributed by atoms with Gasteiger partial charge < -0.3 is 15.0 Å². The second-order valence-corrected chi connectivity index (χ2v) is 5.16. The van der Waals surface area contributed by atoms with E-state index in [1.165, 1.54) is 0 Å². The Kier molecular flexibility index (Phi) is 2.90. The minimum Gasteiger partial charge on any atom is -0.493 e. The fraction of sp³-hybridized carbons (Fsp3) is 0.188. The average Bonchev–Trinajstić information content (AvgIpc) is 3.04. The van der Waals surface area contributed by atoms with Gasteiger partial charge in [-0.2, -0.15) is 5.26 Å². The summed E-state index contributed by atoms with van der Waals surface area (Å²) in [7, 11) is 0. The number of rotatable bonds is 2. The maximum Gasteiger partial charge on any atom is 0.177 e. The molecule has 1 aliphatic heterocycles. The largest absolute Gasteiger partial charge is 0.493 e. The number of hydrogen-bond donors (Lipinski definition) is 2. The molecule has 0 amide bonds. The van der Waals surface area contributed by atoms with E-state index in [0.717, 1.165) is 40.0 Å². The van der Waals surface area contributed by atoms with Crippen LogP contribution in [0.15, 0.2) is 36.8 Å². The molecule has 0 spiro atoms. The van der Waals surface area contributed by atoms with Crippen molar-refractivity contribution in [2.75, 3.05) is 6.61 Å². The minimum absolute atomic E-state index is 0.0164. The Bertz CT molecular complexity index is 880. The Labute approximate surface area is 126 Å². The van der Waals surface area contributed by atoms with Gasteiger partial charge in [0.2, 0.25) is 0 Å². The van der Waals surface area contributed by atoms with Crippen LogP contribution in [0.25, 0.3) is 22.3 Å². The van der Waals surface area contributed by atoms with E-state index in [0.29, 0.717) is 6.61 Å². The molecule has 6 heteroatoms. The molecule has 0 saturated heterocycles. The SMILES string of the molecule is N#CN[C@H]1CCOc2ccc(-c3ncnc4[nH]ccc34)cc21. The Hall–Kier alpha value is -3.07. The van der Waals surface area contributed by atoms with Gasteiger partial charge in [-0.25, -0.2) is 9.97 Å². The topological polar surface area (TPSA) is 86.6 Å². The van der Waals surface area contributed by atoms with Crippen LogP contribution in [0.3, 0.4) is 0 Å². The zero-order valence-electron chi connectivity index (χ0n) is 11.7. The predicted molar refractivity (Wildman–Crippen MR) is 80.9 cm³/mol. The van der Waals surface area contributed by atoms with Crippen molar-refractivity contribution in [2.45, 2.75) is 12.5 Å². The molecule has 1 atom stereocenters. The molecule has 4 rings (SSSR count). The van der Waals surface area contributed by atoms with Gasteiger partial charge in [-0.15, -0.1) is 0 Å². The molecular formula is C16H13N5O. The van der Waals surface area contributed by atoms with E-state index in [1.807, 2.05) is 36.7 Å². The number of hydrogen-bond acceptors (Lipinski definition) is 5. The third-order valence-electron chi connectivity index (χ3n) is 3.92. The third kappa shape index (κ3) is 1.95. The van der Waals surface area contributed by atoms with Gasteiger partial charge in [-0.3, -0.25) is 0 Å². The Balaban J connectivity index is 1.85. The van der Waals surface area contributed by atoms with Crippen LogP contribution in [-0.2, 0) is 0 Å². The van der Waals surface area contributed by atoms with Gasteiger partial charge in [0.25, 0.3) is 0 Å². The number of H-pyrrole nitrogens is 1. The van der Waals surface area contributed by atoms with Crippen molar-refractivity contribution in [3.05, 3.63) is 42.4 Å². The third-order valence-corrected chi connectivity index (χ3v) is 3.92. The number of nitrogens with one attached hydrogen (secondary N) is 2. The molecule has 1 aromatic carbocycles. The second kappa shape index (κ2) is 5.04. The molecule has 6 nitrogen and oxygen atoms in total. The fourth-order valence-corrected chi connectivity index (χ4v) is 2.87. The van der Waals surface area contributed by atoms with Crippen molar-refractivity contribution < 1.29 is 4.74 Å². The highest BCUT2D eigenvalue weighted by molar-refractivity contribution is 5.90. The zero-order chi connectivity index (χ0) is 14.9. The number of nitrogens with zero attached hydrogens (tertiary/aromatic N) is 3. The molecule has 0 unspecified atom stereocenters. The summed E-state index contributed by atoms with van der Waals surface area (Å²) in [6.45, 7) is 0.612. The van der Waals surface area contributed by atoms with E-state index in [2.05, 4.69) is 20.3 Å². The van der Waals surface area contributed by atoms with Crippen molar-refractivity contribution in [2.24, 2.45) is 0 Å². The standard InChI is InChI=1S/C16H13N5O/c17-8-19-13-4-6-22-14-2-1-10(7-12(13)14)15-11-3-5-18-16(11)21-9-20-15/h1-3,5,7,9,13,19H,4,6H2,(H,18,20,21)/t13-/m0/s1. The van der Waals surface area contributed by atoms with Crippen LogP contribution >= 0.6 is 0 Å². The number of ether oxygens (including phenoxy) is 1. The number of fused-ring (bicyclic) bond motifs is 2. The van der Waals surface area contributed by atoms with Crippen LogP contribution in [0.1, 0.15) is 18.0 Å². The molecule has 0 bridgehead atoms. The number of aromatic nitrogens is 3. The molecule has 108 valence electrons. The van der Waals surface area contributed by atoms with Crippen LogP contribution in [0, 0.1) is 11.5 Å². The lowest BCUT2D eigenvalue weighted by Gasteiger charge is -2.25. The Morgan fingerprint density at radius 1 is 1.32 bits per heavy atom. The predicted octanol–water partition coefficient (Wildman–Crippen LogP) is 2.52. The van der Waals surface area contributed by atoms with Crippen molar-refractivity contribution >= 4 is 11.0 Å². The van der Waals surface area contributed by atoms with Gasteiger partial charge in [0.05, 0.1) is 18.3 Å². The lowest BCUT2D eigenvalue weighted by molar-refractivity contribution is 0.261. The summed E-state index contributed by atoms with van der Waals surface area (Å²) >= 11 is 0. The van der Waals surface area contributed by atoms with E-state index in [4.69, 9.17) is 10.00 Å². The molecule has 0 radical (unpaired) electrons. The van der Waals surface area contributed by atoms with Crippen molar-refractivity contribution in [1.29, 1.82) is 5.26 Å². The van der Waals surface area contributed by atoms with Gasteiger partial charge in [-0.1, -0.05) is 0 Å². The van der Waals surface area contributed by atoms with E-state index in [-0.39, 0.29) is 6.04 Å². The maximum atomic E-state index is 8.92. The molecule has 3 heterocycles. The van der Waals surface area contributed by atoms with Gasteiger partial charge >= 0.3 is 0 Å². The Morgan fingerprint density at radius 2 is 2.27 bits per heavy atom. The first-order valence-electron chi connectivity index (χ1n) is 7.06. The lowest BCUT2D eigenvalue weighted by Crippen LogP contribution is -2.23. The summed E-state index contributed by atoms with van der Waals surface area (Å²) < 4.78 is 5.68. The van der Waals surface area contributed by atoms with Gasteiger partial charge in [0.1, 0.15) is 17.7 Å². The molecule has 0 saturated carbocycles. The number of nitriles is 1. The first-order chi connectivity index (χ1) is 10.9. The molecule has 3 aromatic rings. The fourth-order valence-electron chi connectivity index (χ4n) is 2.87. The molecule has 1 aliphatic rings. The van der Waals surface area contributed by atoms with E-state index in [1.54, 1.807) is 6.33 Å². The highest BCUT2D eigenvalue weighted by Gasteiger charge is 2.22.